The van der Waals surface area contributed by atoms with Crippen LogP contribution in [0.5, 0.6) is 0 Å². The van der Waals surface area contributed by atoms with Crippen molar-refractivity contribution in [3.63, 3.8) is 0 Å². The predicted molar refractivity (Wildman–Crippen MR) is 114 cm³/mol. The van der Waals surface area contributed by atoms with E-state index in [0.717, 1.165) is 49.7 Å². The van der Waals surface area contributed by atoms with Crippen molar-refractivity contribution in [2.75, 3.05) is 13.1 Å². The molecule has 1 saturated heterocycles. The molecular weight excluding hydrogens is 379 g/mol. The van der Waals surface area contributed by atoms with E-state index in [0.29, 0.717) is 19.5 Å². The molecule has 1 heterocycles. The molecule has 4 rings (SSSR count). The number of halogens is 1. The van der Waals surface area contributed by atoms with Crippen LogP contribution >= 0.6 is 0 Å². The number of hydrogen-bond donors (Lipinski definition) is 1. The molecule has 30 heavy (non-hydrogen) atoms. The average molecular weight is 409 g/mol. The van der Waals surface area contributed by atoms with Gasteiger partial charge >= 0.3 is 0 Å². The van der Waals surface area contributed by atoms with Crippen LogP contribution in [0, 0.1) is 11.7 Å². The number of amides is 2. The van der Waals surface area contributed by atoms with Crippen molar-refractivity contribution < 1.29 is 14.0 Å². The number of rotatable bonds is 5. The lowest BCUT2D eigenvalue weighted by Crippen LogP contribution is -2.51. The summed E-state index contributed by atoms with van der Waals surface area (Å²) in [6, 6.07) is 16.2. The van der Waals surface area contributed by atoms with Crippen LogP contribution in [0.2, 0.25) is 0 Å². The van der Waals surface area contributed by atoms with Gasteiger partial charge < -0.3 is 10.2 Å². The second kappa shape index (κ2) is 8.99. The zero-order chi connectivity index (χ0) is 21.0. The Balaban J connectivity index is 1.42. The van der Waals surface area contributed by atoms with Crippen LogP contribution in [0.3, 0.4) is 0 Å². The van der Waals surface area contributed by atoms with Gasteiger partial charge in [0, 0.05) is 13.1 Å². The van der Waals surface area contributed by atoms with Crippen molar-refractivity contribution >= 4 is 11.8 Å². The maximum absolute atomic E-state index is 13.4. The Bertz CT molecular complexity index is 876. The molecule has 1 aliphatic carbocycles. The number of nitrogens with zero attached hydrogens (tertiary/aromatic N) is 1. The molecule has 4 nitrogen and oxygen atoms in total. The third-order valence-corrected chi connectivity index (χ3v) is 6.56. The summed E-state index contributed by atoms with van der Waals surface area (Å²) in [5, 5.41) is 3.31. The van der Waals surface area contributed by atoms with E-state index in [1.165, 1.54) is 12.1 Å². The highest BCUT2D eigenvalue weighted by atomic mass is 19.1. The molecule has 2 amide bonds. The van der Waals surface area contributed by atoms with Gasteiger partial charge in [-0.15, -0.1) is 0 Å². The molecule has 1 unspecified atom stereocenters. The Labute approximate surface area is 177 Å². The van der Waals surface area contributed by atoms with Gasteiger partial charge in [0.05, 0.1) is 17.9 Å². The van der Waals surface area contributed by atoms with Gasteiger partial charge in [-0.3, -0.25) is 9.59 Å². The van der Waals surface area contributed by atoms with Gasteiger partial charge in [-0.05, 0) is 48.9 Å². The monoisotopic (exact) mass is 408 g/mol. The number of nitrogens with one attached hydrogen (secondary N) is 1. The smallest absolute Gasteiger partial charge is 0.227 e. The number of carbonyl (C=O) groups excluding carboxylic acids is 2. The van der Waals surface area contributed by atoms with Gasteiger partial charge in [0.15, 0.2) is 0 Å². The van der Waals surface area contributed by atoms with Gasteiger partial charge in [-0.2, -0.15) is 0 Å². The van der Waals surface area contributed by atoms with E-state index in [9.17, 15) is 14.0 Å². The predicted octanol–water partition coefficient (Wildman–Crippen LogP) is 4.19. The molecule has 1 N–H and O–H groups in total. The first kappa shape index (κ1) is 20.6. The summed E-state index contributed by atoms with van der Waals surface area (Å²) in [4.78, 5) is 27.8. The molecule has 5 heteroatoms. The molecule has 0 spiro atoms. The summed E-state index contributed by atoms with van der Waals surface area (Å²) in [6.45, 7) is 1.18. The summed E-state index contributed by atoms with van der Waals surface area (Å²) in [5.41, 5.74) is 1.55. The maximum atomic E-state index is 13.4. The minimum atomic E-state index is -0.416. The van der Waals surface area contributed by atoms with Gasteiger partial charge in [-0.25, -0.2) is 4.39 Å². The van der Waals surface area contributed by atoms with E-state index in [-0.39, 0.29) is 23.5 Å². The molecule has 1 saturated carbocycles. The number of likely N-dealkylation sites (tertiary alicyclic amines) is 1. The number of hydrogen-bond acceptors (Lipinski definition) is 2. The first-order chi connectivity index (χ1) is 14.6. The van der Waals surface area contributed by atoms with Gasteiger partial charge in [0.1, 0.15) is 5.82 Å². The van der Waals surface area contributed by atoms with Crippen LogP contribution in [0.15, 0.2) is 54.6 Å². The Morgan fingerprint density at radius 2 is 1.70 bits per heavy atom. The van der Waals surface area contributed by atoms with Gasteiger partial charge in [0.25, 0.3) is 0 Å². The third kappa shape index (κ3) is 4.55. The second-order valence-corrected chi connectivity index (χ2v) is 8.63. The summed E-state index contributed by atoms with van der Waals surface area (Å²) in [6.07, 6.45) is 5.83. The SMILES string of the molecule is O=C(NC1(c2ccc(F)cc2)CCCC1)C1CCCN(C(=O)Cc2ccccc2)C1. The fourth-order valence-electron chi connectivity index (χ4n) is 4.87. The number of carbonyl (C=O) groups is 2. The van der Waals surface area contributed by atoms with Crippen LogP contribution < -0.4 is 5.32 Å². The highest BCUT2D eigenvalue weighted by Crippen LogP contribution is 2.39. The standard InChI is InChI=1S/C25H29FN2O2/c26-22-12-10-21(11-13-22)25(14-4-5-15-25)27-24(30)20-9-6-16-28(18-20)23(29)17-19-7-2-1-3-8-19/h1-3,7-8,10-13,20H,4-6,9,14-18H2,(H,27,30). The van der Waals surface area contributed by atoms with Crippen molar-refractivity contribution in [3.8, 4) is 0 Å². The molecule has 1 atom stereocenters. The van der Waals surface area contributed by atoms with Crippen molar-refractivity contribution in [2.24, 2.45) is 5.92 Å². The summed E-state index contributed by atoms with van der Waals surface area (Å²) in [5.74, 6) is -0.374. The van der Waals surface area contributed by atoms with E-state index in [1.807, 2.05) is 35.2 Å². The third-order valence-electron chi connectivity index (χ3n) is 6.56. The molecule has 0 aromatic heterocycles. The van der Waals surface area contributed by atoms with E-state index < -0.39 is 5.54 Å². The minimum absolute atomic E-state index is 0.0124. The topological polar surface area (TPSA) is 49.4 Å². The molecule has 2 aliphatic rings. The van der Waals surface area contributed by atoms with Crippen LogP contribution in [0.1, 0.15) is 49.7 Å². The highest BCUT2D eigenvalue weighted by molar-refractivity contribution is 5.83. The molecule has 158 valence electrons. The van der Waals surface area contributed by atoms with Gasteiger partial charge in [-0.1, -0.05) is 55.3 Å². The summed E-state index contributed by atoms with van der Waals surface area (Å²) >= 11 is 0. The average Bonchev–Trinajstić information content (AvgIpc) is 3.24. The number of piperidine rings is 1. The Hall–Kier alpha value is -2.69. The molecule has 0 bridgehead atoms. The molecule has 0 radical (unpaired) electrons. The molecule has 2 fully saturated rings. The van der Waals surface area contributed by atoms with E-state index in [2.05, 4.69) is 5.32 Å². The highest BCUT2D eigenvalue weighted by Gasteiger charge is 2.39. The molecule has 1 aliphatic heterocycles. The minimum Gasteiger partial charge on any atom is -0.346 e. The van der Waals surface area contributed by atoms with Crippen LogP contribution in [0.25, 0.3) is 0 Å². The zero-order valence-corrected chi connectivity index (χ0v) is 17.3. The van der Waals surface area contributed by atoms with Crippen LogP contribution in [-0.4, -0.2) is 29.8 Å². The van der Waals surface area contributed by atoms with Crippen molar-refractivity contribution in [1.29, 1.82) is 0 Å². The lowest BCUT2D eigenvalue weighted by molar-refractivity contribution is -0.135. The Morgan fingerprint density at radius 3 is 2.40 bits per heavy atom. The molecule has 2 aromatic carbocycles. The molecule has 2 aromatic rings. The fraction of sp³-hybridized carbons (Fsp3) is 0.440. The van der Waals surface area contributed by atoms with Crippen LogP contribution in [-0.2, 0) is 21.5 Å². The zero-order valence-electron chi connectivity index (χ0n) is 17.3. The Kier molecular flexibility index (Phi) is 6.16. The van der Waals surface area contributed by atoms with Crippen LogP contribution in [0.4, 0.5) is 4.39 Å². The molecular formula is C25H29FN2O2. The van der Waals surface area contributed by atoms with Crippen molar-refractivity contribution in [3.05, 3.63) is 71.5 Å². The second-order valence-electron chi connectivity index (χ2n) is 8.63. The van der Waals surface area contributed by atoms with E-state index >= 15 is 0 Å². The van der Waals surface area contributed by atoms with Crippen molar-refractivity contribution in [1.82, 2.24) is 10.2 Å². The summed E-state index contributed by atoms with van der Waals surface area (Å²) < 4.78 is 13.4. The summed E-state index contributed by atoms with van der Waals surface area (Å²) in [7, 11) is 0. The van der Waals surface area contributed by atoms with Gasteiger partial charge in [0.2, 0.25) is 11.8 Å². The number of benzene rings is 2. The Morgan fingerprint density at radius 1 is 1.00 bits per heavy atom. The first-order valence-corrected chi connectivity index (χ1v) is 11.0. The van der Waals surface area contributed by atoms with E-state index in [1.54, 1.807) is 12.1 Å². The maximum Gasteiger partial charge on any atom is 0.227 e. The lowest BCUT2D eigenvalue weighted by Gasteiger charge is -2.36. The largest absolute Gasteiger partial charge is 0.346 e. The fourth-order valence-corrected chi connectivity index (χ4v) is 4.87. The quantitative estimate of drug-likeness (QED) is 0.806. The van der Waals surface area contributed by atoms with Crippen molar-refractivity contribution in [2.45, 2.75) is 50.5 Å². The normalized spacial score (nSPS) is 20.7. The lowest BCUT2D eigenvalue weighted by atomic mass is 9.86. The van der Waals surface area contributed by atoms with E-state index in [4.69, 9.17) is 0 Å². The first-order valence-electron chi connectivity index (χ1n) is 11.0.